The Morgan fingerprint density at radius 2 is 1.67 bits per heavy atom. The quantitative estimate of drug-likeness (QED) is 0.615. The lowest BCUT2D eigenvalue weighted by Crippen LogP contribution is -2.33. The fourth-order valence-corrected chi connectivity index (χ4v) is 6.39. The zero-order chi connectivity index (χ0) is 19.0. The van der Waals surface area contributed by atoms with E-state index in [2.05, 4.69) is 90.9 Å². The molecule has 0 saturated carbocycles. The summed E-state index contributed by atoms with van der Waals surface area (Å²) < 4.78 is 5.37. The van der Waals surface area contributed by atoms with Gasteiger partial charge >= 0.3 is 0 Å². The minimum Gasteiger partial charge on any atom is -0.447 e. The molecule has 27 heavy (non-hydrogen) atoms. The minimum atomic E-state index is -0.862. The van der Waals surface area contributed by atoms with E-state index in [-0.39, 0.29) is 17.6 Å². The van der Waals surface area contributed by atoms with Gasteiger partial charge in [-0.25, -0.2) is 0 Å². The summed E-state index contributed by atoms with van der Waals surface area (Å²) >= 11 is 0. The number of aliphatic hydroxyl groups excluding tert-OH is 1. The van der Waals surface area contributed by atoms with Gasteiger partial charge in [0.05, 0.1) is 22.7 Å². The molecule has 0 bridgehead atoms. The highest BCUT2D eigenvalue weighted by molar-refractivity contribution is 6.46. The summed E-state index contributed by atoms with van der Waals surface area (Å²) in [5, 5.41) is 9.73. The SMILES string of the molecule is CCOC#CC1([SiH2]C(c2ccccc2)c2ccccc2)C=CC=CC1CO. The van der Waals surface area contributed by atoms with Crippen molar-refractivity contribution < 1.29 is 9.84 Å². The molecule has 1 N–H and O–H groups in total. The molecule has 0 spiro atoms. The van der Waals surface area contributed by atoms with Crippen LogP contribution in [-0.2, 0) is 4.74 Å². The first-order valence-electron chi connectivity index (χ1n) is 9.50. The second-order valence-corrected chi connectivity index (χ2v) is 9.21. The predicted octanol–water partition coefficient (Wildman–Crippen LogP) is 3.84. The number of allylic oxidation sites excluding steroid dienone is 3. The third-order valence-electron chi connectivity index (χ3n) is 5.15. The molecular weight excluding hydrogens is 348 g/mol. The van der Waals surface area contributed by atoms with Gasteiger partial charge < -0.3 is 9.84 Å². The fourth-order valence-electron chi connectivity index (χ4n) is 3.69. The first-order chi connectivity index (χ1) is 13.3. The maximum atomic E-state index is 10.1. The van der Waals surface area contributed by atoms with Gasteiger partial charge in [-0.15, -0.1) is 0 Å². The van der Waals surface area contributed by atoms with E-state index in [9.17, 15) is 5.11 Å². The van der Waals surface area contributed by atoms with E-state index in [1.807, 2.05) is 13.0 Å². The highest BCUT2D eigenvalue weighted by atomic mass is 28.2. The molecule has 2 nitrogen and oxygen atoms in total. The lowest BCUT2D eigenvalue weighted by atomic mass is 9.88. The third kappa shape index (κ3) is 4.60. The van der Waals surface area contributed by atoms with E-state index in [0.29, 0.717) is 12.1 Å². The van der Waals surface area contributed by atoms with Crippen molar-refractivity contribution >= 4 is 9.52 Å². The summed E-state index contributed by atoms with van der Waals surface area (Å²) in [6, 6.07) is 21.3. The maximum Gasteiger partial charge on any atom is 0.110 e. The van der Waals surface area contributed by atoms with Crippen LogP contribution in [0, 0.1) is 17.9 Å². The number of hydrogen-bond acceptors (Lipinski definition) is 2. The Hall–Kier alpha value is -2.54. The topological polar surface area (TPSA) is 29.5 Å². The Kier molecular flexibility index (Phi) is 6.70. The van der Waals surface area contributed by atoms with Crippen LogP contribution in [0.15, 0.2) is 85.0 Å². The van der Waals surface area contributed by atoms with E-state index in [4.69, 9.17) is 4.74 Å². The third-order valence-corrected chi connectivity index (χ3v) is 8.12. The Morgan fingerprint density at radius 3 is 2.22 bits per heavy atom. The Labute approximate surface area is 164 Å². The summed E-state index contributed by atoms with van der Waals surface area (Å²) in [4.78, 5) is 0. The van der Waals surface area contributed by atoms with Crippen molar-refractivity contribution in [3.8, 4) is 12.0 Å². The van der Waals surface area contributed by atoms with E-state index in [0.717, 1.165) is 0 Å². The van der Waals surface area contributed by atoms with Crippen LogP contribution >= 0.6 is 0 Å². The molecule has 0 radical (unpaired) electrons. The highest BCUT2D eigenvalue weighted by Gasteiger charge is 2.38. The van der Waals surface area contributed by atoms with Crippen LogP contribution in [0.5, 0.6) is 0 Å². The van der Waals surface area contributed by atoms with Crippen molar-refractivity contribution in [2.45, 2.75) is 17.5 Å². The number of aliphatic hydroxyl groups is 1. The van der Waals surface area contributed by atoms with Crippen LogP contribution in [0.2, 0.25) is 5.04 Å². The van der Waals surface area contributed by atoms with E-state index < -0.39 is 9.52 Å². The molecule has 3 heteroatoms. The molecule has 2 unspecified atom stereocenters. The van der Waals surface area contributed by atoms with Crippen LogP contribution in [0.1, 0.15) is 23.6 Å². The zero-order valence-corrected chi connectivity index (χ0v) is 17.1. The summed E-state index contributed by atoms with van der Waals surface area (Å²) in [6.07, 6.45) is 11.2. The van der Waals surface area contributed by atoms with Gasteiger partial charge in [0.1, 0.15) is 6.11 Å². The second kappa shape index (κ2) is 9.41. The van der Waals surface area contributed by atoms with Gasteiger partial charge in [0, 0.05) is 11.0 Å². The number of ether oxygens (including phenoxy) is 1. The standard InChI is InChI=1S/C24H26O2Si/c1-2-26-18-17-24(16-10-9-15-22(24)19-25)27-23(20-11-5-3-6-12-20)21-13-7-4-8-14-21/h3-16,22-23,25H,2,19,27H2,1H3. The average Bonchev–Trinajstić information content (AvgIpc) is 2.74. The molecule has 1 aliphatic carbocycles. The molecule has 2 aromatic rings. The number of hydrogen-bond donors (Lipinski definition) is 1. The summed E-state index contributed by atoms with van der Waals surface area (Å²) in [5.41, 5.74) is 2.94. The largest absolute Gasteiger partial charge is 0.447 e. The predicted molar refractivity (Wildman–Crippen MR) is 114 cm³/mol. The van der Waals surface area contributed by atoms with Crippen molar-refractivity contribution in [2.24, 2.45) is 5.92 Å². The van der Waals surface area contributed by atoms with Crippen LogP contribution in [0.3, 0.4) is 0 Å². The number of benzene rings is 2. The summed E-state index contributed by atoms with van der Waals surface area (Å²) in [5.74, 6) is 3.40. The molecule has 2 atom stereocenters. The van der Waals surface area contributed by atoms with Crippen LogP contribution in [0.25, 0.3) is 0 Å². The average molecular weight is 375 g/mol. The van der Waals surface area contributed by atoms with Crippen LogP contribution in [-0.4, -0.2) is 27.8 Å². The molecule has 0 heterocycles. The minimum absolute atomic E-state index is 0.00273. The Bertz CT molecular complexity index is 793. The molecule has 0 amide bonds. The first kappa shape index (κ1) is 19.2. The molecule has 1 aliphatic rings. The Morgan fingerprint density at radius 1 is 1.04 bits per heavy atom. The van der Waals surface area contributed by atoms with Crippen molar-refractivity contribution in [3.05, 3.63) is 96.1 Å². The van der Waals surface area contributed by atoms with Gasteiger partial charge in [-0.3, -0.25) is 0 Å². The normalized spacial score (nSPS) is 21.4. The molecule has 0 aliphatic heterocycles. The van der Waals surface area contributed by atoms with E-state index in [1.165, 1.54) is 11.1 Å². The van der Waals surface area contributed by atoms with Crippen molar-refractivity contribution in [3.63, 3.8) is 0 Å². The zero-order valence-electron chi connectivity index (χ0n) is 15.7. The molecule has 2 aromatic carbocycles. The molecular formula is C24H26O2Si. The molecule has 0 saturated heterocycles. The molecule has 3 rings (SSSR count). The molecule has 0 aromatic heterocycles. The van der Waals surface area contributed by atoms with Gasteiger partial charge in [-0.2, -0.15) is 0 Å². The maximum absolute atomic E-state index is 10.1. The Balaban J connectivity index is 2.04. The smallest absolute Gasteiger partial charge is 0.110 e. The van der Waals surface area contributed by atoms with Crippen molar-refractivity contribution in [1.29, 1.82) is 0 Å². The summed E-state index contributed by atoms with van der Waals surface area (Å²) in [7, 11) is -0.862. The van der Waals surface area contributed by atoms with Crippen LogP contribution in [0.4, 0.5) is 0 Å². The number of rotatable bonds is 6. The molecule has 138 valence electrons. The van der Waals surface area contributed by atoms with Gasteiger partial charge in [-0.05, 0) is 23.6 Å². The van der Waals surface area contributed by atoms with E-state index in [1.54, 1.807) is 0 Å². The monoisotopic (exact) mass is 374 g/mol. The lowest BCUT2D eigenvalue weighted by Gasteiger charge is -2.36. The van der Waals surface area contributed by atoms with E-state index >= 15 is 0 Å². The van der Waals surface area contributed by atoms with Gasteiger partial charge in [0.25, 0.3) is 0 Å². The van der Waals surface area contributed by atoms with Gasteiger partial charge in [0.2, 0.25) is 0 Å². The van der Waals surface area contributed by atoms with Gasteiger partial charge in [-0.1, -0.05) is 90.9 Å². The summed E-state index contributed by atoms with van der Waals surface area (Å²) in [6.45, 7) is 2.59. The first-order valence-corrected chi connectivity index (χ1v) is 11.0. The van der Waals surface area contributed by atoms with Gasteiger partial charge in [0.15, 0.2) is 0 Å². The second-order valence-electron chi connectivity index (χ2n) is 6.81. The van der Waals surface area contributed by atoms with Crippen molar-refractivity contribution in [1.82, 2.24) is 0 Å². The fraction of sp³-hybridized carbons (Fsp3) is 0.250. The highest BCUT2D eigenvalue weighted by Crippen LogP contribution is 2.44. The lowest BCUT2D eigenvalue weighted by molar-refractivity contribution is 0.240. The van der Waals surface area contributed by atoms with Crippen LogP contribution < -0.4 is 0 Å². The van der Waals surface area contributed by atoms with Crippen molar-refractivity contribution in [2.75, 3.05) is 13.2 Å². The molecule has 0 fully saturated rings.